The number of nitrogens with one attached hydrogen (secondary N) is 1. The first-order valence-corrected chi connectivity index (χ1v) is 4.33. The molecule has 0 atom stereocenters. The lowest BCUT2D eigenvalue weighted by Gasteiger charge is -2.06. The second-order valence-corrected chi connectivity index (χ2v) is 3.31. The van der Waals surface area contributed by atoms with E-state index in [1.165, 1.54) is 0 Å². The van der Waals surface area contributed by atoms with Gasteiger partial charge >= 0.3 is 0 Å². The minimum atomic E-state index is -0.172. The van der Waals surface area contributed by atoms with Crippen molar-refractivity contribution in [1.82, 2.24) is 0 Å². The third-order valence-electron chi connectivity index (χ3n) is 1.92. The van der Waals surface area contributed by atoms with Crippen LogP contribution in [0.3, 0.4) is 0 Å². The summed E-state index contributed by atoms with van der Waals surface area (Å²) in [6, 6.07) is 5.36. The van der Waals surface area contributed by atoms with E-state index in [9.17, 15) is 4.79 Å². The van der Waals surface area contributed by atoms with Gasteiger partial charge in [-0.15, -0.1) is 0 Å². The SMILES string of the molecule is C=C(C)C(=O)Nc1ccc(N)c(C)c1. The van der Waals surface area contributed by atoms with Crippen molar-refractivity contribution in [1.29, 1.82) is 0 Å². The van der Waals surface area contributed by atoms with E-state index in [0.717, 1.165) is 16.9 Å². The molecule has 0 saturated carbocycles. The molecular weight excluding hydrogens is 176 g/mol. The van der Waals surface area contributed by atoms with E-state index in [-0.39, 0.29) is 5.91 Å². The van der Waals surface area contributed by atoms with Crippen molar-refractivity contribution in [3.8, 4) is 0 Å². The molecule has 0 aliphatic heterocycles. The second kappa shape index (κ2) is 3.96. The van der Waals surface area contributed by atoms with Crippen molar-refractivity contribution in [2.75, 3.05) is 11.1 Å². The number of benzene rings is 1. The Hall–Kier alpha value is -1.77. The van der Waals surface area contributed by atoms with Crippen LogP contribution in [0.25, 0.3) is 0 Å². The predicted octanol–water partition coefficient (Wildman–Crippen LogP) is 2.09. The van der Waals surface area contributed by atoms with Gasteiger partial charge in [-0.2, -0.15) is 0 Å². The zero-order valence-corrected chi connectivity index (χ0v) is 8.42. The van der Waals surface area contributed by atoms with Gasteiger partial charge in [0.1, 0.15) is 0 Å². The summed E-state index contributed by atoms with van der Waals surface area (Å²) in [6.07, 6.45) is 0. The summed E-state index contributed by atoms with van der Waals surface area (Å²) >= 11 is 0. The fourth-order valence-corrected chi connectivity index (χ4v) is 0.991. The van der Waals surface area contributed by atoms with E-state index in [0.29, 0.717) is 5.57 Å². The molecular formula is C11H14N2O. The topological polar surface area (TPSA) is 55.1 Å². The normalized spacial score (nSPS) is 9.57. The van der Waals surface area contributed by atoms with Crippen LogP contribution in [0.4, 0.5) is 11.4 Å². The highest BCUT2D eigenvalue weighted by Gasteiger charge is 2.02. The number of nitrogen functional groups attached to an aromatic ring is 1. The molecule has 74 valence electrons. The average Bonchev–Trinajstić information content (AvgIpc) is 2.11. The Morgan fingerprint density at radius 1 is 1.50 bits per heavy atom. The number of hydrogen-bond acceptors (Lipinski definition) is 2. The predicted molar refractivity (Wildman–Crippen MR) is 59.0 cm³/mol. The Bertz CT molecular complexity index is 383. The van der Waals surface area contributed by atoms with Crippen LogP contribution < -0.4 is 11.1 Å². The van der Waals surface area contributed by atoms with Crippen molar-refractivity contribution in [2.24, 2.45) is 0 Å². The summed E-state index contributed by atoms with van der Waals surface area (Å²) in [5, 5.41) is 2.72. The van der Waals surface area contributed by atoms with E-state index >= 15 is 0 Å². The molecule has 0 aromatic heterocycles. The quantitative estimate of drug-likeness (QED) is 0.554. The average molecular weight is 190 g/mol. The number of anilines is 2. The van der Waals surface area contributed by atoms with Crippen LogP contribution in [0.15, 0.2) is 30.4 Å². The van der Waals surface area contributed by atoms with Gasteiger partial charge in [0.25, 0.3) is 5.91 Å². The first-order chi connectivity index (χ1) is 6.50. The minimum absolute atomic E-state index is 0.172. The lowest BCUT2D eigenvalue weighted by molar-refractivity contribution is -0.112. The smallest absolute Gasteiger partial charge is 0.250 e. The maximum atomic E-state index is 11.3. The zero-order chi connectivity index (χ0) is 10.7. The van der Waals surface area contributed by atoms with Gasteiger partial charge in [-0.25, -0.2) is 0 Å². The van der Waals surface area contributed by atoms with Crippen LogP contribution in [0, 0.1) is 6.92 Å². The maximum Gasteiger partial charge on any atom is 0.250 e. The molecule has 0 saturated heterocycles. The molecule has 14 heavy (non-hydrogen) atoms. The molecule has 1 aromatic rings. The third kappa shape index (κ3) is 2.36. The molecule has 0 aliphatic carbocycles. The molecule has 3 N–H and O–H groups in total. The van der Waals surface area contributed by atoms with Crippen LogP contribution in [0.2, 0.25) is 0 Å². The Morgan fingerprint density at radius 3 is 2.64 bits per heavy atom. The van der Waals surface area contributed by atoms with Gasteiger partial charge in [0.2, 0.25) is 0 Å². The highest BCUT2D eigenvalue weighted by molar-refractivity contribution is 6.02. The van der Waals surface area contributed by atoms with Gasteiger partial charge < -0.3 is 11.1 Å². The van der Waals surface area contributed by atoms with Gasteiger partial charge in [0, 0.05) is 16.9 Å². The monoisotopic (exact) mass is 190 g/mol. The fourth-order valence-electron chi connectivity index (χ4n) is 0.991. The van der Waals surface area contributed by atoms with Crippen molar-refractivity contribution in [3.63, 3.8) is 0 Å². The van der Waals surface area contributed by atoms with Gasteiger partial charge in [-0.1, -0.05) is 6.58 Å². The van der Waals surface area contributed by atoms with Crippen molar-refractivity contribution >= 4 is 17.3 Å². The number of nitrogens with two attached hydrogens (primary N) is 1. The number of rotatable bonds is 2. The molecule has 0 aliphatic rings. The fraction of sp³-hybridized carbons (Fsp3) is 0.182. The highest BCUT2D eigenvalue weighted by Crippen LogP contribution is 2.16. The number of amides is 1. The van der Waals surface area contributed by atoms with Gasteiger partial charge in [0.05, 0.1) is 0 Å². The maximum absolute atomic E-state index is 11.3. The molecule has 0 heterocycles. The van der Waals surface area contributed by atoms with E-state index in [2.05, 4.69) is 11.9 Å². The standard InChI is InChI=1S/C11H14N2O/c1-7(2)11(14)13-9-4-5-10(12)8(3)6-9/h4-6H,1,12H2,2-3H3,(H,13,14). The summed E-state index contributed by atoms with van der Waals surface area (Å²) in [6.45, 7) is 7.12. The molecule has 1 rings (SSSR count). The molecule has 3 nitrogen and oxygen atoms in total. The summed E-state index contributed by atoms with van der Waals surface area (Å²) < 4.78 is 0. The Labute approximate surface area is 83.6 Å². The highest BCUT2D eigenvalue weighted by atomic mass is 16.1. The number of carbonyl (C=O) groups excluding carboxylic acids is 1. The molecule has 0 spiro atoms. The minimum Gasteiger partial charge on any atom is -0.399 e. The number of hydrogen-bond donors (Lipinski definition) is 2. The second-order valence-electron chi connectivity index (χ2n) is 3.31. The Balaban J connectivity index is 2.83. The van der Waals surface area contributed by atoms with Crippen LogP contribution in [0.5, 0.6) is 0 Å². The first-order valence-electron chi connectivity index (χ1n) is 4.33. The molecule has 0 fully saturated rings. The molecule has 0 radical (unpaired) electrons. The van der Waals surface area contributed by atoms with Gasteiger partial charge in [-0.3, -0.25) is 4.79 Å². The van der Waals surface area contributed by atoms with Crippen molar-refractivity contribution in [3.05, 3.63) is 35.9 Å². The zero-order valence-electron chi connectivity index (χ0n) is 8.42. The number of carbonyl (C=O) groups is 1. The van der Waals surface area contributed by atoms with Crippen molar-refractivity contribution in [2.45, 2.75) is 13.8 Å². The molecule has 1 amide bonds. The van der Waals surface area contributed by atoms with Gasteiger partial charge in [-0.05, 0) is 37.6 Å². The number of aryl methyl sites for hydroxylation is 1. The van der Waals surface area contributed by atoms with E-state index in [1.54, 1.807) is 19.1 Å². The third-order valence-corrected chi connectivity index (χ3v) is 1.92. The van der Waals surface area contributed by atoms with Crippen LogP contribution in [-0.4, -0.2) is 5.91 Å². The lowest BCUT2D eigenvalue weighted by Crippen LogP contribution is -2.11. The summed E-state index contributed by atoms with van der Waals surface area (Å²) in [4.78, 5) is 11.3. The van der Waals surface area contributed by atoms with Crippen molar-refractivity contribution < 1.29 is 4.79 Å². The molecule has 3 heteroatoms. The Morgan fingerprint density at radius 2 is 2.14 bits per heavy atom. The molecule has 0 unspecified atom stereocenters. The largest absolute Gasteiger partial charge is 0.399 e. The van der Waals surface area contributed by atoms with E-state index < -0.39 is 0 Å². The molecule has 0 bridgehead atoms. The van der Waals surface area contributed by atoms with E-state index in [1.807, 2.05) is 13.0 Å². The van der Waals surface area contributed by atoms with Crippen LogP contribution in [-0.2, 0) is 4.79 Å². The summed E-state index contributed by atoms with van der Waals surface area (Å²) in [5.74, 6) is -0.172. The first kappa shape index (κ1) is 10.3. The molecule has 1 aromatic carbocycles. The summed E-state index contributed by atoms with van der Waals surface area (Å²) in [7, 11) is 0. The van der Waals surface area contributed by atoms with Crippen LogP contribution >= 0.6 is 0 Å². The summed E-state index contributed by atoms with van der Waals surface area (Å²) in [5.41, 5.74) is 8.54. The lowest BCUT2D eigenvalue weighted by atomic mass is 10.2. The van der Waals surface area contributed by atoms with Crippen LogP contribution in [0.1, 0.15) is 12.5 Å². The van der Waals surface area contributed by atoms with E-state index in [4.69, 9.17) is 5.73 Å². The van der Waals surface area contributed by atoms with Gasteiger partial charge in [0.15, 0.2) is 0 Å². The Kier molecular flexibility index (Phi) is 2.92.